The third kappa shape index (κ3) is 4.41. The minimum atomic E-state index is 0.669. The van der Waals surface area contributed by atoms with E-state index >= 15 is 0 Å². The average Bonchev–Trinajstić information content (AvgIpc) is 2.95. The second-order valence-corrected chi connectivity index (χ2v) is 5.33. The van der Waals surface area contributed by atoms with Gasteiger partial charge in [0.15, 0.2) is 11.5 Å². The number of hydrogen-bond acceptors (Lipinski definition) is 3. The maximum Gasteiger partial charge on any atom is 0.161 e. The van der Waals surface area contributed by atoms with Gasteiger partial charge in [-0.15, -0.1) is 0 Å². The summed E-state index contributed by atoms with van der Waals surface area (Å²) in [5.74, 6) is 1.72. The largest absolute Gasteiger partial charge is 0.490 e. The highest BCUT2D eigenvalue weighted by Gasteiger charge is 2.13. The SMILES string of the molecule is CCOc1ccc(CCNC2CCCC2)cc1OCC. The van der Waals surface area contributed by atoms with E-state index in [2.05, 4.69) is 17.4 Å². The van der Waals surface area contributed by atoms with E-state index in [1.165, 1.54) is 31.2 Å². The van der Waals surface area contributed by atoms with Gasteiger partial charge >= 0.3 is 0 Å². The first-order valence-corrected chi connectivity index (χ1v) is 7.95. The normalized spacial score (nSPS) is 15.5. The predicted octanol–water partition coefficient (Wildman–Crippen LogP) is 3.56. The lowest BCUT2D eigenvalue weighted by Gasteiger charge is -2.14. The summed E-state index contributed by atoms with van der Waals surface area (Å²) in [5.41, 5.74) is 1.31. The molecule has 1 aliphatic carbocycles. The molecule has 1 aromatic rings. The van der Waals surface area contributed by atoms with Crippen LogP contribution in [0, 0.1) is 0 Å². The molecule has 112 valence electrons. The van der Waals surface area contributed by atoms with E-state index in [4.69, 9.17) is 9.47 Å². The summed E-state index contributed by atoms with van der Waals surface area (Å²) in [7, 11) is 0. The van der Waals surface area contributed by atoms with Gasteiger partial charge in [0, 0.05) is 6.04 Å². The van der Waals surface area contributed by atoms with Gasteiger partial charge in [-0.05, 0) is 57.4 Å². The van der Waals surface area contributed by atoms with E-state index < -0.39 is 0 Å². The van der Waals surface area contributed by atoms with Crippen molar-refractivity contribution < 1.29 is 9.47 Å². The maximum atomic E-state index is 5.66. The van der Waals surface area contributed by atoms with Crippen LogP contribution in [0.4, 0.5) is 0 Å². The van der Waals surface area contributed by atoms with Gasteiger partial charge in [-0.1, -0.05) is 18.9 Å². The first kappa shape index (κ1) is 15.2. The Balaban J connectivity index is 1.88. The van der Waals surface area contributed by atoms with Gasteiger partial charge in [-0.25, -0.2) is 0 Å². The number of rotatable bonds is 8. The molecule has 0 saturated heterocycles. The fraction of sp³-hybridized carbons (Fsp3) is 0.647. The summed E-state index contributed by atoms with van der Waals surface area (Å²) in [6, 6.07) is 7.03. The highest BCUT2D eigenvalue weighted by atomic mass is 16.5. The molecule has 0 aliphatic heterocycles. The topological polar surface area (TPSA) is 30.5 Å². The number of nitrogens with one attached hydrogen (secondary N) is 1. The van der Waals surface area contributed by atoms with Gasteiger partial charge in [0.1, 0.15) is 0 Å². The standard InChI is InChI=1S/C17H27NO2/c1-3-19-16-10-9-14(13-17(16)20-4-2)11-12-18-15-7-5-6-8-15/h9-10,13,15,18H,3-8,11-12H2,1-2H3. The smallest absolute Gasteiger partial charge is 0.161 e. The zero-order valence-corrected chi connectivity index (χ0v) is 12.8. The molecule has 0 bridgehead atoms. The summed E-state index contributed by atoms with van der Waals surface area (Å²) in [6.07, 6.45) is 6.49. The molecule has 20 heavy (non-hydrogen) atoms. The van der Waals surface area contributed by atoms with Crippen LogP contribution in [0.3, 0.4) is 0 Å². The molecule has 1 saturated carbocycles. The molecule has 0 amide bonds. The Morgan fingerprint density at radius 3 is 2.45 bits per heavy atom. The Hall–Kier alpha value is -1.22. The van der Waals surface area contributed by atoms with E-state index in [0.29, 0.717) is 13.2 Å². The van der Waals surface area contributed by atoms with Crippen molar-refractivity contribution in [2.75, 3.05) is 19.8 Å². The molecule has 0 atom stereocenters. The van der Waals surface area contributed by atoms with Crippen LogP contribution in [-0.2, 0) is 6.42 Å². The second-order valence-electron chi connectivity index (χ2n) is 5.33. The molecular weight excluding hydrogens is 250 g/mol. The lowest BCUT2D eigenvalue weighted by molar-refractivity contribution is 0.287. The molecule has 0 spiro atoms. The fourth-order valence-electron chi connectivity index (χ4n) is 2.80. The fourth-order valence-corrected chi connectivity index (χ4v) is 2.80. The highest BCUT2D eigenvalue weighted by Crippen LogP contribution is 2.28. The van der Waals surface area contributed by atoms with E-state index in [1.54, 1.807) is 0 Å². The first-order valence-electron chi connectivity index (χ1n) is 7.95. The van der Waals surface area contributed by atoms with Crippen molar-refractivity contribution in [3.8, 4) is 11.5 Å². The maximum absolute atomic E-state index is 5.66. The Kier molecular flexibility index (Phi) is 6.19. The predicted molar refractivity (Wildman–Crippen MR) is 82.7 cm³/mol. The van der Waals surface area contributed by atoms with E-state index in [9.17, 15) is 0 Å². The summed E-state index contributed by atoms with van der Waals surface area (Å²) >= 11 is 0. The molecule has 0 heterocycles. The minimum absolute atomic E-state index is 0.669. The number of hydrogen-bond donors (Lipinski definition) is 1. The highest BCUT2D eigenvalue weighted by molar-refractivity contribution is 5.43. The summed E-state index contributed by atoms with van der Waals surface area (Å²) < 4.78 is 11.3. The van der Waals surface area contributed by atoms with Gasteiger partial charge in [-0.3, -0.25) is 0 Å². The minimum Gasteiger partial charge on any atom is -0.490 e. The van der Waals surface area contributed by atoms with Crippen molar-refractivity contribution in [3.05, 3.63) is 23.8 Å². The van der Waals surface area contributed by atoms with Crippen molar-refractivity contribution >= 4 is 0 Å². The molecule has 0 unspecified atom stereocenters. The van der Waals surface area contributed by atoms with Gasteiger partial charge in [0.2, 0.25) is 0 Å². The third-order valence-corrected chi connectivity index (χ3v) is 3.81. The second kappa shape index (κ2) is 8.15. The Labute approximate surface area is 122 Å². The van der Waals surface area contributed by atoms with Crippen LogP contribution >= 0.6 is 0 Å². The Bertz CT molecular complexity index is 400. The van der Waals surface area contributed by atoms with Crippen LogP contribution in [0.15, 0.2) is 18.2 Å². The zero-order chi connectivity index (χ0) is 14.2. The quantitative estimate of drug-likeness (QED) is 0.788. The Morgan fingerprint density at radius 2 is 1.75 bits per heavy atom. The molecule has 0 aromatic heterocycles. The molecule has 1 aromatic carbocycles. The monoisotopic (exact) mass is 277 g/mol. The summed E-state index contributed by atoms with van der Waals surface area (Å²) in [4.78, 5) is 0. The van der Waals surface area contributed by atoms with Crippen molar-refractivity contribution in [2.45, 2.75) is 52.0 Å². The molecule has 2 rings (SSSR count). The van der Waals surface area contributed by atoms with Gasteiger partial charge in [0.25, 0.3) is 0 Å². The summed E-state index contributed by atoms with van der Waals surface area (Å²) in [6.45, 7) is 6.38. The molecular formula is C17H27NO2. The first-order chi connectivity index (χ1) is 9.83. The van der Waals surface area contributed by atoms with Crippen molar-refractivity contribution in [1.29, 1.82) is 0 Å². The molecule has 3 heteroatoms. The van der Waals surface area contributed by atoms with E-state index in [1.807, 2.05) is 19.9 Å². The van der Waals surface area contributed by atoms with Gasteiger partial charge in [-0.2, -0.15) is 0 Å². The van der Waals surface area contributed by atoms with Crippen LogP contribution in [0.2, 0.25) is 0 Å². The van der Waals surface area contributed by atoms with Crippen molar-refractivity contribution in [2.24, 2.45) is 0 Å². The molecule has 3 nitrogen and oxygen atoms in total. The number of benzene rings is 1. The Morgan fingerprint density at radius 1 is 1.05 bits per heavy atom. The molecule has 1 aliphatic rings. The number of ether oxygens (including phenoxy) is 2. The molecule has 1 fully saturated rings. The average molecular weight is 277 g/mol. The van der Waals surface area contributed by atoms with Crippen molar-refractivity contribution in [1.82, 2.24) is 5.32 Å². The molecule has 1 N–H and O–H groups in total. The van der Waals surface area contributed by atoms with Gasteiger partial charge in [0.05, 0.1) is 13.2 Å². The lowest BCUT2D eigenvalue weighted by Crippen LogP contribution is -2.27. The van der Waals surface area contributed by atoms with E-state index in [-0.39, 0.29) is 0 Å². The van der Waals surface area contributed by atoms with Crippen LogP contribution in [0.1, 0.15) is 45.1 Å². The van der Waals surface area contributed by atoms with Crippen LogP contribution in [0.5, 0.6) is 11.5 Å². The summed E-state index contributed by atoms with van der Waals surface area (Å²) in [5, 5.41) is 3.65. The molecule has 0 radical (unpaired) electrons. The van der Waals surface area contributed by atoms with Crippen LogP contribution in [-0.4, -0.2) is 25.8 Å². The lowest BCUT2D eigenvalue weighted by atomic mass is 10.1. The van der Waals surface area contributed by atoms with Crippen LogP contribution < -0.4 is 14.8 Å². The van der Waals surface area contributed by atoms with Crippen molar-refractivity contribution in [3.63, 3.8) is 0 Å². The third-order valence-electron chi connectivity index (χ3n) is 3.81. The van der Waals surface area contributed by atoms with Crippen LogP contribution in [0.25, 0.3) is 0 Å². The zero-order valence-electron chi connectivity index (χ0n) is 12.8. The van der Waals surface area contributed by atoms with Gasteiger partial charge < -0.3 is 14.8 Å². The van der Waals surface area contributed by atoms with E-state index in [0.717, 1.165) is 30.5 Å².